The van der Waals surface area contributed by atoms with Crippen LogP contribution >= 0.6 is 0 Å². The molecule has 6 nitrogen and oxygen atoms in total. The van der Waals surface area contributed by atoms with Gasteiger partial charge in [-0.15, -0.1) is 0 Å². The van der Waals surface area contributed by atoms with Gasteiger partial charge in [-0.05, 0) is 36.8 Å². The summed E-state index contributed by atoms with van der Waals surface area (Å²) in [6, 6.07) is 11.6. The minimum atomic E-state index is -0.460. The van der Waals surface area contributed by atoms with E-state index in [0.29, 0.717) is 22.7 Å². The molecule has 2 aromatic rings. The summed E-state index contributed by atoms with van der Waals surface area (Å²) in [4.78, 5) is 23.7. The van der Waals surface area contributed by atoms with Crippen LogP contribution in [0.2, 0.25) is 0 Å². The third-order valence-electron chi connectivity index (χ3n) is 3.26. The number of amides is 2. The van der Waals surface area contributed by atoms with Crippen molar-refractivity contribution < 1.29 is 19.1 Å². The second-order valence-electron chi connectivity index (χ2n) is 4.80. The third kappa shape index (κ3) is 4.00. The fraction of sp³-hybridized carbons (Fsp3) is 0.176. The first-order valence-corrected chi connectivity index (χ1v) is 6.95. The molecule has 0 fully saturated rings. The second kappa shape index (κ2) is 7.31. The standard InChI is InChI=1S/C17H18N2O4/c1-11-8-9-12(16(20)23-3)10-14(11)19-17(21)18-13-6-4-5-7-15(13)22-2/h4-10H,1-3H3,(H2,18,19,21). The maximum atomic E-state index is 12.2. The number of urea groups is 1. The molecular formula is C17H18N2O4. The smallest absolute Gasteiger partial charge is 0.337 e. The molecule has 0 saturated carbocycles. The van der Waals surface area contributed by atoms with Gasteiger partial charge in [-0.3, -0.25) is 0 Å². The SMILES string of the molecule is COC(=O)c1ccc(C)c(NC(=O)Nc2ccccc2OC)c1. The molecule has 0 unspecified atom stereocenters. The van der Waals surface area contributed by atoms with Gasteiger partial charge in [0.05, 0.1) is 25.5 Å². The lowest BCUT2D eigenvalue weighted by Gasteiger charge is -2.13. The quantitative estimate of drug-likeness (QED) is 0.848. The Morgan fingerprint density at radius 1 is 0.957 bits per heavy atom. The van der Waals surface area contributed by atoms with E-state index in [4.69, 9.17) is 4.74 Å². The molecular weight excluding hydrogens is 296 g/mol. The second-order valence-corrected chi connectivity index (χ2v) is 4.80. The lowest BCUT2D eigenvalue weighted by molar-refractivity contribution is 0.0600. The van der Waals surface area contributed by atoms with Crippen molar-refractivity contribution in [2.75, 3.05) is 24.9 Å². The number of carbonyl (C=O) groups excluding carboxylic acids is 2. The number of benzene rings is 2. The largest absolute Gasteiger partial charge is 0.495 e. The minimum Gasteiger partial charge on any atom is -0.495 e. The molecule has 2 rings (SSSR count). The normalized spacial score (nSPS) is 9.87. The fourth-order valence-electron chi connectivity index (χ4n) is 2.03. The fourth-order valence-corrected chi connectivity index (χ4v) is 2.03. The van der Waals surface area contributed by atoms with E-state index in [-0.39, 0.29) is 0 Å². The van der Waals surface area contributed by atoms with Crippen molar-refractivity contribution in [3.05, 3.63) is 53.6 Å². The van der Waals surface area contributed by atoms with Crippen LogP contribution in [0.25, 0.3) is 0 Å². The molecule has 120 valence electrons. The van der Waals surface area contributed by atoms with E-state index in [9.17, 15) is 9.59 Å². The molecule has 0 atom stereocenters. The Labute approximate surface area is 134 Å². The van der Waals surface area contributed by atoms with Gasteiger partial charge in [-0.1, -0.05) is 18.2 Å². The van der Waals surface area contributed by atoms with Crippen LogP contribution in [0.5, 0.6) is 5.75 Å². The lowest BCUT2D eigenvalue weighted by Crippen LogP contribution is -2.20. The zero-order valence-electron chi connectivity index (χ0n) is 13.2. The molecule has 0 bridgehead atoms. The number of methoxy groups -OCH3 is 2. The van der Waals surface area contributed by atoms with E-state index in [2.05, 4.69) is 15.4 Å². The summed E-state index contributed by atoms with van der Waals surface area (Å²) >= 11 is 0. The molecule has 2 aromatic carbocycles. The van der Waals surface area contributed by atoms with Crippen LogP contribution in [0, 0.1) is 6.92 Å². The van der Waals surface area contributed by atoms with Gasteiger partial charge in [0, 0.05) is 5.69 Å². The van der Waals surface area contributed by atoms with Crippen molar-refractivity contribution in [2.24, 2.45) is 0 Å². The van der Waals surface area contributed by atoms with Gasteiger partial charge in [-0.25, -0.2) is 9.59 Å². The molecule has 2 N–H and O–H groups in total. The van der Waals surface area contributed by atoms with Crippen molar-refractivity contribution in [3.8, 4) is 5.75 Å². The summed E-state index contributed by atoms with van der Waals surface area (Å²) in [6.07, 6.45) is 0. The molecule has 0 aromatic heterocycles. The summed E-state index contributed by atoms with van der Waals surface area (Å²) in [6.45, 7) is 1.83. The molecule has 2 amide bonds. The highest BCUT2D eigenvalue weighted by Gasteiger charge is 2.11. The summed E-state index contributed by atoms with van der Waals surface area (Å²) in [7, 11) is 2.84. The molecule has 6 heteroatoms. The van der Waals surface area contributed by atoms with Crippen molar-refractivity contribution in [1.29, 1.82) is 0 Å². The van der Waals surface area contributed by atoms with E-state index in [1.165, 1.54) is 14.2 Å². The molecule has 0 spiro atoms. The zero-order valence-corrected chi connectivity index (χ0v) is 13.2. The molecule has 0 heterocycles. The van der Waals surface area contributed by atoms with E-state index >= 15 is 0 Å². The molecule has 23 heavy (non-hydrogen) atoms. The topological polar surface area (TPSA) is 76.7 Å². The average molecular weight is 314 g/mol. The van der Waals surface area contributed by atoms with E-state index in [1.54, 1.807) is 36.4 Å². The van der Waals surface area contributed by atoms with Crippen LogP contribution in [0.1, 0.15) is 15.9 Å². The Kier molecular flexibility index (Phi) is 5.19. The highest BCUT2D eigenvalue weighted by Crippen LogP contribution is 2.24. The predicted molar refractivity (Wildman–Crippen MR) is 88.2 cm³/mol. The monoisotopic (exact) mass is 314 g/mol. The first-order valence-electron chi connectivity index (χ1n) is 6.95. The number of para-hydroxylation sites is 2. The van der Waals surface area contributed by atoms with Gasteiger partial charge in [-0.2, -0.15) is 0 Å². The van der Waals surface area contributed by atoms with Crippen molar-refractivity contribution >= 4 is 23.4 Å². The summed E-state index contributed by atoms with van der Waals surface area (Å²) in [5.74, 6) is 0.0980. The van der Waals surface area contributed by atoms with Gasteiger partial charge in [0.15, 0.2) is 0 Å². The number of aryl methyl sites for hydroxylation is 1. The third-order valence-corrected chi connectivity index (χ3v) is 3.26. The Bertz CT molecular complexity index is 728. The molecule has 0 aliphatic carbocycles. The molecule has 0 saturated heterocycles. The Morgan fingerprint density at radius 3 is 2.35 bits per heavy atom. The van der Waals surface area contributed by atoms with E-state index in [1.807, 2.05) is 13.0 Å². The highest BCUT2D eigenvalue weighted by atomic mass is 16.5. The molecule has 0 radical (unpaired) electrons. The van der Waals surface area contributed by atoms with Crippen LogP contribution in [-0.2, 0) is 4.74 Å². The zero-order chi connectivity index (χ0) is 16.8. The number of nitrogens with one attached hydrogen (secondary N) is 2. The Hall–Kier alpha value is -3.02. The number of anilines is 2. The Balaban J connectivity index is 2.15. The van der Waals surface area contributed by atoms with Crippen molar-refractivity contribution in [1.82, 2.24) is 0 Å². The summed E-state index contributed by atoms with van der Waals surface area (Å²) in [5, 5.41) is 5.42. The molecule has 0 aliphatic rings. The first kappa shape index (κ1) is 16.4. The van der Waals surface area contributed by atoms with Gasteiger partial charge >= 0.3 is 12.0 Å². The maximum Gasteiger partial charge on any atom is 0.337 e. The highest BCUT2D eigenvalue weighted by molar-refractivity contribution is 6.02. The first-order chi connectivity index (χ1) is 11.0. The number of carbonyl (C=O) groups is 2. The average Bonchev–Trinajstić information content (AvgIpc) is 2.56. The number of ether oxygens (including phenoxy) is 2. The summed E-state index contributed by atoms with van der Waals surface area (Å²) < 4.78 is 9.86. The number of esters is 1. The van der Waals surface area contributed by atoms with Crippen molar-refractivity contribution in [2.45, 2.75) is 6.92 Å². The van der Waals surface area contributed by atoms with Crippen LogP contribution in [0.15, 0.2) is 42.5 Å². The number of hydrogen-bond acceptors (Lipinski definition) is 4. The van der Waals surface area contributed by atoms with Crippen LogP contribution in [0.4, 0.5) is 16.2 Å². The van der Waals surface area contributed by atoms with Crippen LogP contribution in [0.3, 0.4) is 0 Å². The van der Waals surface area contributed by atoms with Gasteiger partial charge < -0.3 is 20.1 Å². The number of rotatable bonds is 4. The van der Waals surface area contributed by atoms with Gasteiger partial charge in [0.25, 0.3) is 0 Å². The Morgan fingerprint density at radius 2 is 1.65 bits per heavy atom. The minimum absolute atomic E-state index is 0.366. The molecule has 0 aliphatic heterocycles. The van der Waals surface area contributed by atoms with Gasteiger partial charge in [0.2, 0.25) is 0 Å². The van der Waals surface area contributed by atoms with E-state index in [0.717, 1.165) is 5.56 Å². The summed E-state index contributed by atoms with van der Waals surface area (Å²) in [5.41, 5.74) is 2.27. The van der Waals surface area contributed by atoms with E-state index < -0.39 is 12.0 Å². The predicted octanol–water partition coefficient (Wildman–Crippen LogP) is 3.43. The van der Waals surface area contributed by atoms with Crippen molar-refractivity contribution in [3.63, 3.8) is 0 Å². The maximum absolute atomic E-state index is 12.2. The van der Waals surface area contributed by atoms with Crippen LogP contribution < -0.4 is 15.4 Å². The number of hydrogen-bond donors (Lipinski definition) is 2. The lowest BCUT2D eigenvalue weighted by atomic mass is 10.1. The van der Waals surface area contributed by atoms with Gasteiger partial charge in [0.1, 0.15) is 5.75 Å². The van der Waals surface area contributed by atoms with Crippen LogP contribution in [-0.4, -0.2) is 26.2 Å².